The van der Waals surface area contributed by atoms with Crippen molar-refractivity contribution >= 4 is 48.6 Å². The molecule has 4 fully saturated rings. The summed E-state index contributed by atoms with van der Waals surface area (Å²) < 4.78 is 76.2. The number of nitrogens with zero attached hydrogens (tertiary/aromatic N) is 2. The number of halogens is 1. The molecular weight excluding hydrogens is 644 g/mol. The van der Waals surface area contributed by atoms with Crippen molar-refractivity contribution in [2.24, 2.45) is 11.8 Å². The van der Waals surface area contributed by atoms with Gasteiger partial charge < -0.3 is 18.7 Å². The van der Waals surface area contributed by atoms with E-state index in [1.165, 1.54) is 25.7 Å². The minimum atomic E-state index is -4.23. The third-order valence-corrected chi connectivity index (χ3v) is 13.7. The molecule has 0 aromatic carbocycles. The number of rotatable bonds is 13. The molecule has 0 aromatic heterocycles. The molecule has 7 atom stereocenters. The lowest BCUT2D eigenvalue weighted by Crippen LogP contribution is -2.44. The molecule has 9 nitrogen and oxygen atoms in total. The molecule has 5 aliphatic rings. The lowest BCUT2D eigenvalue weighted by Gasteiger charge is -2.42. The summed E-state index contributed by atoms with van der Waals surface area (Å²) in [4.78, 5) is 2.35. The lowest BCUT2D eigenvalue weighted by molar-refractivity contribution is -0.562. The van der Waals surface area contributed by atoms with Crippen LogP contribution in [0.4, 0.5) is 0 Å². The maximum atomic E-state index is 11.2. The fraction of sp³-hybridized carbons (Fsp3) is 0.839. The quantitative estimate of drug-likeness (QED) is 0.111. The third-order valence-electron chi connectivity index (χ3n) is 10.3. The van der Waals surface area contributed by atoms with E-state index in [1.54, 1.807) is 0 Å². The number of hydrogen-bond acceptors (Lipinski definition) is 9. The molecule has 7 unspecified atom stereocenters. The summed E-state index contributed by atoms with van der Waals surface area (Å²) >= 11 is 8.48. The van der Waals surface area contributed by atoms with Gasteiger partial charge in [-0.3, -0.25) is 0 Å². The molecule has 1 saturated heterocycles. The average molecular weight is 692 g/mol. The number of alkyl halides is 1. The second kappa shape index (κ2) is 15.0. The van der Waals surface area contributed by atoms with E-state index in [9.17, 15) is 25.9 Å². The summed E-state index contributed by atoms with van der Waals surface area (Å²) in [6.45, 7) is 3.48. The van der Waals surface area contributed by atoms with E-state index in [0.717, 1.165) is 55.0 Å². The monoisotopic (exact) mass is 691 g/mol. The highest BCUT2D eigenvalue weighted by atomic mass is 35.5. The number of fused-ring (bicyclic) bond motifs is 3. The summed E-state index contributed by atoms with van der Waals surface area (Å²) in [5.41, 5.74) is 1.14. The first kappa shape index (κ1) is 34.5. The van der Waals surface area contributed by atoms with Crippen LogP contribution in [0.15, 0.2) is 23.6 Å². The Bertz CT molecular complexity index is 1330. The Labute approximate surface area is 273 Å². The number of thioether (sulfide) groups is 1. The molecule has 13 heteroatoms. The van der Waals surface area contributed by atoms with Crippen molar-refractivity contribution in [1.29, 1.82) is 0 Å². The molecule has 0 aromatic rings. The zero-order chi connectivity index (χ0) is 31.5. The van der Waals surface area contributed by atoms with Crippen LogP contribution < -0.4 is 0 Å². The molecule has 44 heavy (non-hydrogen) atoms. The van der Waals surface area contributed by atoms with Crippen LogP contribution >= 0.6 is 23.4 Å². The Kier molecular flexibility index (Phi) is 11.7. The van der Waals surface area contributed by atoms with Gasteiger partial charge in [-0.05, 0) is 80.5 Å². The van der Waals surface area contributed by atoms with Gasteiger partial charge in [-0.25, -0.2) is 21.4 Å². The van der Waals surface area contributed by atoms with Gasteiger partial charge in [0.25, 0.3) is 0 Å². The summed E-state index contributed by atoms with van der Waals surface area (Å²) in [7, 11) is -8.45. The van der Waals surface area contributed by atoms with E-state index in [4.69, 9.17) is 16.3 Å². The van der Waals surface area contributed by atoms with E-state index in [2.05, 4.69) is 28.6 Å². The topological polar surface area (TPSA) is 130 Å². The minimum absolute atomic E-state index is 0.126. The van der Waals surface area contributed by atoms with Crippen LogP contribution in [0.5, 0.6) is 0 Å². The highest BCUT2D eigenvalue weighted by Gasteiger charge is 2.47. The predicted octanol–water partition coefficient (Wildman–Crippen LogP) is 5.17. The Morgan fingerprint density at radius 1 is 0.977 bits per heavy atom. The molecule has 3 saturated carbocycles. The first-order valence-electron chi connectivity index (χ1n) is 16.6. The number of hydrogen-bond donors (Lipinski definition) is 0. The standard InChI is InChI=1S/C31H49ClN2O7S3/c1-2-22(18-31-34(14-6-8-16-44(38,39)40)27-21-25(32)11-12-29(27)42-31)17-30-33(13-5-7-15-43(35,36)37)26-19-23-9-3-4-10-24(23)20-28(26)41-30/h17-18,23-29H,2-16,19-21H2,1H3,(H-,35,36,37,38,39,40)/p-1. The van der Waals surface area contributed by atoms with Crippen molar-refractivity contribution < 1.29 is 35.3 Å². The fourth-order valence-corrected chi connectivity index (χ4v) is 11.0. The van der Waals surface area contributed by atoms with Gasteiger partial charge >= 0.3 is 0 Å². The number of allylic oxidation sites excluding steroid dienone is 2. The second-order valence-electron chi connectivity index (χ2n) is 13.4. The highest BCUT2D eigenvalue weighted by Crippen LogP contribution is 2.47. The van der Waals surface area contributed by atoms with Crippen molar-refractivity contribution in [2.45, 2.75) is 126 Å². The molecule has 250 valence electrons. The Balaban J connectivity index is 1.38. The molecule has 0 N–H and O–H groups in total. The molecule has 0 spiro atoms. The zero-order valence-electron chi connectivity index (χ0n) is 25.8. The van der Waals surface area contributed by atoms with Crippen molar-refractivity contribution in [1.82, 2.24) is 4.90 Å². The predicted molar refractivity (Wildman–Crippen MR) is 173 cm³/mol. The minimum Gasteiger partial charge on any atom is -0.748 e. The molecule has 2 heterocycles. The Morgan fingerprint density at radius 2 is 1.66 bits per heavy atom. The normalized spacial score (nSPS) is 33.7. The molecule has 0 amide bonds. The first-order valence-corrected chi connectivity index (χ1v) is 21.0. The van der Waals surface area contributed by atoms with Crippen molar-refractivity contribution in [3.8, 4) is 0 Å². The maximum absolute atomic E-state index is 11.2. The molecule has 3 aliphatic carbocycles. The van der Waals surface area contributed by atoms with Crippen LogP contribution in [0, 0.1) is 11.8 Å². The van der Waals surface area contributed by atoms with Crippen molar-refractivity contribution in [3.05, 3.63) is 23.6 Å². The van der Waals surface area contributed by atoms with Gasteiger partial charge in [0.2, 0.25) is 5.04 Å². The summed E-state index contributed by atoms with van der Waals surface area (Å²) in [6.07, 6.45) is 17.5. The summed E-state index contributed by atoms with van der Waals surface area (Å²) in [6, 6.07) is 0.563. The van der Waals surface area contributed by atoms with E-state index in [1.807, 2.05) is 11.8 Å². The number of unbranched alkanes of at least 4 members (excludes halogenated alkanes) is 2. The molecule has 0 radical (unpaired) electrons. The molecule has 5 rings (SSSR count). The van der Waals surface area contributed by atoms with Gasteiger partial charge in [-0.15, -0.1) is 11.6 Å². The summed E-state index contributed by atoms with van der Waals surface area (Å²) in [5.74, 6) is 1.60. The van der Waals surface area contributed by atoms with E-state index in [-0.39, 0.29) is 29.0 Å². The van der Waals surface area contributed by atoms with E-state index < -0.39 is 20.2 Å². The smallest absolute Gasteiger partial charge is 0.235 e. The van der Waals surface area contributed by atoms with Crippen LogP contribution in [0.1, 0.15) is 96.8 Å². The maximum Gasteiger partial charge on any atom is 0.235 e. The SMILES string of the molecule is CCC(=CC1=[N+](CCCCS(=O)(=O)[O-])C2CC(Cl)CCC2S1)C=C1OC2CC3CCCCC3CC2N1CCCCS(=O)(=O)[O-]. The van der Waals surface area contributed by atoms with Gasteiger partial charge in [0, 0.05) is 48.4 Å². The van der Waals surface area contributed by atoms with Crippen molar-refractivity contribution in [2.75, 3.05) is 24.6 Å². The zero-order valence-corrected chi connectivity index (χ0v) is 29.0. The number of ether oxygens (including phenoxy) is 1. The van der Waals surface area contributed by atoms with Gasteiger partial charge in [0.15, 0.2) is 11.9 Å². The molecule has 2 aliphatic heterocycles. The van der Waals surface area contributed by atoms with E-state index in [0.29, 0.717) is 61.9 Å². The van der Waals surface area contributed by atoms with Crippen molar-refractivity contribution in [3.63, 3.8) is 0 Å². The van der Waals surface area contributed by atoms with Gasteiger partial charge in [-0.2, -0.15) is 0 Å². The highest BCUT2D eigenvalue weighted by molar-refractivity contribution is 8.14. The third kappa shape index (κ3) is 9.18. The van der Waals surface area contributed by atoms with Gasteiger partial charge in [0.1, 0.15) is 12.6 Å². The van der Waals surface area contributed by atoms with Crippen LogP contribution in [0.25, 0.3) is 0 Å². The fourth-order valence-electron chi connectivity index (χ4n) is 8.05. The van der Waals surface area contributed by atoms with Crippen LogP contribution in [-0.2, 0) is 25.0 Å². The van der Waals surface area contributed by atoms with E-state index >= 15 is 0 Å². The van der Waals surface area contributed by atoms with Gasteiger partial charge in [0.05, 0.1) is 31.5 Å². The first-order chi connectivity index (χ1) is 20.9. The van der Waals surface area contributed by atoms with Gasteiger partial charge in [-0.1, -0.05) is 32.6 Å². The van der Waals surface area contributed by atoms with Crippen LogP contribution in [0.3, 0.4) is 0 Å². The van der Waals surface area contributed by atoms with Crippen LogP contribution in [-0.4, -0.2) is 93.9 Å². The largest absolute Gasteiger partial charge is 0.748 e. The second-order valence-corrected chi connectivity index (χ2v) is 18.3. The molecular formula is C31H48ClN2O7S3-. The Hall–Kier alpha value is -0.790. The van der Waals surface area contributed by atoms with Crippen LogP contribution in [0.2, 0.25) is 0 Å². The average Bonchev–Trinajstić information content (AvgIpc) is 3.46. The lowest BCUT2D eigenvalue weighted by atomic mass is 9.68. The molecule has 0 bridgehead atoms. The Morgan fingerprint density at radius 3 is 2.34 bits per heavy atom. The summed E-state index contributed by atoms with van der Waals surface area (Å²) in [5, 5.41) is 1.73.